The predicted octanol–water partition coefficient (Wildman–Crippen LogP) is 0.623. The summed E-state index contributed by atoms with van der Waals surface area (Å²) < 4.78 is 0. The van der Waals surface area contributed by atoms with Crippen LogP contribution in [-0.4, -0.2) is 39.4 Å². The molecule has 0 spiro atoms. The van der Waals surface area contributed by atoms with Crippen LogP contribution in [0.25, 0.3) is 0 Å². The van der Waals surface area contributed by atoms with E-state index >= 15 is 0 Å². The van der Waals surface area contributed by atoms with Gasteiger partial charge in [0.25, 0.3) is 5.56 Å². The molecule has 104 valence electrons. The molecular formula is C12H17N3O3S. The largest absolute Gasteiger partial charge is 0.480 e. The molecule has 0 radical (unpaired) electrons. The Morgan fingerprint density at radius 1 is 1.68 bits per heavy atom. The molecule has 1 aromatic heterocycles. The van der Waals surface area contributed by atoms with Gasteiger partial charge in [-0.2, -0.15) is 0 Å². The SMILES string of the molecule is CNC(CSc1nc(C)cc(=O)[nH]1)(C(=O)O)C1CC1. The van der Waals surface area contributed by atoms with Gasteiger partial charge in [0.2, 0.25) is 0 Å². The van der Waals surface area contributed by atoms with Crippen molar-refractivity contribution in [3.8, 4) is 0 Å². The van der Waals surface area contributed by atoms with Crippen LogP contribution in [0.3, 0.4) is 0 Å². The average molecular weight is 283 g/mol. The fourth-order valence-electron chi connectivity index (χ4n) is 2.12. The van der Waals surface area contributed by atoms with Crippen molar-refractivity contribution in [2.45, 2.75) is 30.5 Å². The van der Waals surface area contributed by atoms with Crippen LogP contribution in [0.1, 0.15) is 18.5 Å². The minimum Gasteiger partial charge on any atom is -0.480 e. The van der Waals surface area contributed by atoms with Crippen molar-refractivity contribution in [3.05, 3.63) is 22.1 Å². The van der Waals surface area contributed by atoms with Crippen molar-refractivity contribution >= 4 is 17.7 Å². The molecule has 0 bridgehead atoms. The number of hydrogen-bond acceptors (Lipinski definition) is 5. The number of likely N-dealkylation sites (N-methyl/N-ethyl adjacent to an activating group) is 1. The van der Waals surface area contributed by atoms with Crippen LogP contribution < -0.4 is 10.9 Å². The van der Waals surface area contributed by atoms with Gasteiger partial charge in [0, 0.05) is 17.5 Å². The molecule has 6 nitrogen and oxygen atoms in total. The third kappa shape index (κ3) is 2.98. The zero-order valence-electron chi connectivity index (χ0n) is 10.9. The summed E-state index contributed by atoms with van der Waals surface area (Å²) in [6.45, 7) is 1.74. The Morgan fingerprint density at radius 3 is 2.84 bits per heavy atom. The molecule has 1 heterocycles. The summed E-state index contributed by atoms with van der Waals surface area (Å²) in [7, 11) is 1.67. The van der Waals surface area contributed by atoms with Crippen molar-refractivity contribution in [2.24, 2.45) is 5.92 Å². The molecular weight excluding hydrogens is 266 g/mol. The lowest BCUT2D eigenvalue weighted by Gasteiger charge is -2.28. The molecule has 0 aliphatic heterocycles. The van der Waals surface area contributed by atoms with Crippen molar-refractivity contribution in [3.63, 3.8) is 0 Å². The molecule has 1 aliphatic carbocycles. The van der Waals surface area contributed by atoms with Crippen LogP contribution in [0, 0.1) is 12.8 Å². The Labute approximate surface area is 115 Å². The second-order valence-corrected chi connectivity index (χ2v) is 5.75. The number of carbonyl (C=O) groups is 1. The van der Waals surface area contributed by atoms with Crippen LogP contribution in [0.2, 0.25) is 0 Å². The molecule has 19 heavy (non-hydrogen) atoms. The Kier molecular flexibility index (Phi) is 3.96. The van der Waals surface area contributed by atoms with Crippen LogP contribution in [0.4, 0.5) is 0 Å². The number of carboxylic acids is 1. The first-order valence-electron chi connectivity index (χ1n) is 6.11. The monoisotopic (exact) mass is 283 g/mol. The van der Waals surface area contributed by atoms with Crippen molar-refractivity contribution in [1.82, 2.24) is 15.3 Å². The van der Waals surface area contributed by atoms with Crippen LogP contribution >= 0.6 is 11.8 Å². The summed E-state index contributed by atoms with van der Waals surface area (Å²) >= 11 is 1.27. The standard InChI is InChI=1S/C12H17N3O3S/c1-7-5-9(16)15-11(14-7)19-6-12(13-2,10(17)18)8-3-4-8/h5,8,13H,3-4,6H2,1-2H3,(H,17,18)(H,14,15,16). The summed E-state index contributed by atoms with van der Waals surface area (Å²) in [5, 5.41) is 12.9. The van der Waals surface area contributed by atoms with Gasteiger partial charge in [-0.25, -0.2) is 4.98 Å². The Balaban J connectivity index is 2.14. The number of aromatic amines is 1. The summed E-state index contributed by atoms with van der Waals surface area (Å²) in [5.74, 6) is -0.352. The van der Waals surface area contributed by atoms with Crippen molar-refractivity contribution < 1.29 is 9.90 Å². The molecule has 7 heteroatoms. The number of aryl methyl sites for hydroxylation is 1. The Hall–Kier alpha value is -1.34. The van der Waals surface area contributed by atoms with E-state index in [0.29, 0.717) is 16.6 Å². The number of rotatable bonds is 6. The fraction of sp³-hybridized carbons (Fsp3) is 0.583. The molecule has 1 aromatic rings. The number of carboxylic acid groups (broad SMARTS) is 1. The first kappa shape index (κ1) is 14.1. The molecule has 0 aromatic carbocycles. The van der Waals surface area contributed by atoms with Gasteiger partial charge in [-0.15, -0.1) is 0 Å². The molecule has 1 aliphatic rings. The third-order valence-electron chi connectivity index (χ3n) is 3.39. The first-order chi connectivity index (χ1) is 8.98. The van der Waals surface area contributed by atoms with Crippen LogP contribution in [0.5, 0.6) is 0 Å². The lowest BCUT2D eigenvalue weighted by atomic mass is 9.96. The second kappa shape index (κ2) is 5.34. The van der Waals surface area contributed by atoms with Crippen LogP contribution in [-0.2, 0) is 4.79 Å². The number of hydrogen-bond donors (Lipinski definition) is 3. The van der Waals surface area contributed by atoms with Gasteiger partial charge in [-0.05, 0) is 32.7 Å². The van der Waals surface area contributed by atoms with E-state index in [2.05, 4.69) is 15.3 Å². The molecule has 1 unspecified atom stereocenters. The average Bonchev–Trinajstić information content (AvgIpc) is 3.13. The molecule has 0 amide bonds. The molecule has 2 rings (SSSR count). The van der Waals surface area contributed by atoms with Gasteiger partial charge in [-0.3, -0.25) is 9.59 Å². The van der Waals surface area contributed by atoms with E-state index in [4.69, 9.17) is 0 Å². The zero-order chi connectivity index (χ0) is 14.0. The normalized spacial score (nSPS) is 18.0. The summed E-state index contributed by atoms with van der Waals surface area (Å²) in [5.41, 5.74) is -0.526. The van der Waals surface area contributed by atoms with E-state index in [1.54, 1.807) is 14.0 Å². The van der Waals surface area contributed by atoms with Crippen LogP contribution in [0.15, 0.2) is 16.0 Å². The lowest BCUT2D eigenvalue weighted by molar-refractivity contribution is -0.144. The number of nitrogens with one attached hydrogen (secondary N) is 2. The zero-order valence-corrected chi connectivity index (χ0v) is 11.7. The third-order valence-corrected chi connectivity index (χ3v) is 4.45. The number of nitrogens with zero attached hydrogens (tertiary/aromatic N) is 1. The highest BCUT2D eigenvalue weighted by molar-refractivity contribution is 7.99. The van der Waals surface area contributed by atoms with E-state index in [1.165, 1.54) is 17.8 Å². The number of thioether (sulfide) groups is 1. The van der Waals surface area contributed by atoms with E-state index in [-0.39, 0.29) is 11.5 Å². The van der Waals surface area contributed by atoms with E-state index in [1.807, 2.05) is 0 Å². The minimum atomic E-state index is -0.938. The molecule has 1 fully saturated rings. The smallest absolute Gasteiger partial charge is 0.325 e. The minimum absolute atomic E-state index is 0.152. The number of aromatic nitrogens is 2. The maximum atomic E-state index is 11.5. The van der Waals surface area contributed by atoms with Crippen molar-refractivity contribution in [2.75, 3.05) is 12.8 Å². The highest BCUT2D eigenvalue weighted by Gasteiger charge is 2.50. The molecule has 3 N–H and O–H groups in total. The van der Waals surface area contributed by atoms with Gasteiger partial charge in [0.05, 0.1) is 0 Å². The van der Waals surface area contributed by atoms with Gasteiger partial charge in [0.1, 0.15) is 5.54 Å². The van der Waals surface area contributed by atoms with Gasteiger partial charge >= 0.3 is 5.97 Å². The second-order valence-electron chi connectivity index (χ2n) is 4.78. The fourth-order valence-corrected chi connectivity index (χ4v) is 3.36. The van der Waals surface area contributed by atoms with Crippen molar-refractivity contribution in [1.29, 1.82) is 0 Å². The van der Waals surface area contributed by atoms with Gasteiger partial charge < -0.3 is 15.4 Å². The maximum absolute atomic E-state index is 11.5. The topological polar surface area (TPSA) is 95.1 Å². The summed E-state index contributed by atoms with van der Waals surface area (Å²) in [6, 6.07) is 1.41. The highest BCUT2D eigenvalue weighted by Crippen LogP contribution is 2.42. The van der Waals surface area contributed by atoms with E-state index in [0.717, 1.165) is 12.8 Å². The number of H-pyrrole nitrogens is 1. The van der Waals surface area contributed by atoms with Gasteiger partial charge in [-0.1, -0.05) is 11.8 Å². The predicted molar refractivity (Wildman–Crippen MR) is 72.5 cm³/mol. The quantitative estimate of drug-likeness (QED) is 0.523. The number of aliphatic carboxylic acids is 1. The Bertz CT molecular complexity index is 541. The van der Waals surface area contributed by atoms with E-state index in [9.17, 15) is 14.7 Å². The Morgan fingerprint density at radius 2 is 2.37 bits per heavy atom. The van der Waals surface area contributed by atoms with E-state index < -0.39 is 11.5 Å². The summed E-state index contributed by atoms with van der Waals surface area (Å²) in [4.78, 5) is 29.7. The molecule has 0 saturated heterocycles. The maximum Gasteiger partial charge on any atom is 0.325 e. The summed E-state index contributed by atoms with van der Waals surface area (Å²) in [6.07, 6.45) is 1.84. The lowest BCUT2D eigenvalue weighted by Crippen LogP contribution is -2.54. The molecule has 1 saturated carbocycles. The molecule has 1 atom stereocenters. The van der Waals surface area contributed by atoms with Gasteiger partial charge in [0.15, 0.2) is 5.16 Å². The highest BCUT2D eigenvalue weighted by atomic mass is 32.2. The first-order valence-corrected chi connectivity index (χ1v) is 7.09.